The average Bonchev–Trinajstić information content (AvgIpc) is 3.18. The van der Waals surface area contributed by atoms with Gasteiger partial charge < -0.3 is 9.47 Å². The molecular weight excluding hydrogens is 405 g/mol. The number of hydrogen-bond acceptors (Lipinski definition) is 4. The Morgan fingerprint density at radius 2 is 1.72 bits per heavy atom. The van der Waals surface area contributed by atoms with Gasteiger partial charge in [-0.1, -0.05) is 54.6 Å². The minimum Gasteiger partial charge on any atom is -0.489 e. The van der Waals surface area contributed by atoms with Crippen LogP contribution in [0.5, 0.6) is 5.75 Å². The predicted octanol–water partition coefficient (Wildman–Crippen LogP) is 5.90. The van der Waals surface area contributed by atoms with Gasteiger partial charge in [-0.25, -0.2) is 14.2 Å². The van der Waals surface area contributed by atoms with Crippen molar-refractivity contribution in [1.82, 2.24) is 0 Å². The van der Waals surface area contributed by atoms with E-state index in [9.17, 15) is 9.18 Å². The summed E-state index contributed by atoms with van der Waals surface area (Å²) in [5, 5.41) is 2.15. The van der Waals surface area contributed by atoms with Crippen LogP contribution in [0.1, 0.15) is 16.7 Å². The molecule has 156 valence electrons. The average molecular weight is 423 g/mol. The maximum atomic E-state index is 13.3. The molecule has 0 amide bonds. The molecule has 0 fully saturated rings. The van der Waals surface area contributed by atoms with Crippen LogP contribution in [-0.2, 0) is 16.1 Å². The van der Waals surface area contributed by atoms with Crippen LogP contribution in [0.15, 0.2) is 102 Å². The Labute approximate surface area is 184 Å². The molecule has 4 nitrogen and oxygen atoms in total. The molecule has 0 N–H and O–H groups in total. The van der Waals surface area contributed by atoms with Gasteiger partial charge in [-0.3, -0.25) is 0 Å². The topological polar surface area (TPSA) is 47.9 Å². The van der Waals surface area contributed by atoms with Crippen molar-refractivity contribution in [1.29, 1.82) is 0 Å². The summed E-state index contributed by atoms with van der Waals surface area (Å²) >= 11 is 0. The van der Waals surface area contributed by atoms with E-state index in [-0.39, 0.29) is 24.0 Å². The number of carbonyl (C=O) groups is 1. The van der Waals surface area contributed by atoms with Crippen LogP contribution in [0, 0.1) is 5.82 Å². The summed E-state index contributed by atoms with van der Waals surface area (Å²) in [6, 6.07) is 27.3. The van der Waals surface area contributed by atoms with Crippen molar-refractivity contribution in [2.45, 2.75) is 6.61 Å². The Morgan fingerprint density at radius 1 is 0.875 bits per heavy atom. The molecule has 0 aromatic heterocycles. The summed E-state index contributed by atoms with van der Waals surface area (Å²) < 4.78 is 24.5. The normalized spacial score (nSPS) is 14.5. The minimum absolute atomic E-state index is 0.218. The van der Waals surface area contributed by atoms with E-state index in [0.29, 0.717) is 5.75 Å². The summed E-state index contributed by atoms with van der Waals surface area (Å²) in [5.74, 6) is 0.0860. The van der Waals surface area contributed by atoms with Crippen molar-refractivity contribution in [2.75, 3.05) is 0 Å². The summed E-state index contributed by atoms with van der Waals surface area (Å²) in [6.07, 6.45) is 1.66. The standard InChI is InChI=1S/C27H18FNO3/c28-23-9-3-6-19(13-23)17-31-24-10-4-5-18(14-24)15-25-27(30)32-26(29-25)22-12-11-20-7-1-2-8-21(20)16-22/h1-16H,17H2/b25-15-. The summed E-state index contributed by atoms with van der Waals surface area (Å²) in [4.78, 5) is 16.8. The second-order valence-electron chi connectivity index (χ2n) is 7.39. The molecule has 0 atom stereocenters. The molecule has 5 heteroatoms. The molecule has 4 aromatic rings. The molecule has 0 unspecified atom stereocenters. The lowest BCUT2D eigenvalue weighted by Gasteiger charge is -2.07. The maximum Gasteiger partial charge on any atom is 0.363 e. The van der Waals surface area contributed by atoms with Crippen LogP contribution in [0.4, 0.5) is 4.39 Å². The molecule has 0 aliphatic carbocycles. The number of esters is 1. The second kappa shape index (κ2) is 8.47. The zero-order valence-corrected chi connectivity index (χ0v) is 17.0. The van der Waals surface area contributed by atoms with E-state index < -0.39 is 5.97 Å². The van der Waals surface area contributed by atoms with E-state index in [2.05, 4.69) is 4.99 Å². The molecule has 0 spiro atoms. The first-order valence-corrected chi connectivity index (χ1v) is 10.1. The first-order valence-electron chi connectivity index (χ1n) is 10.1. The van der Waals surface area contributed by atoms with Crippen LogP contribution in [0.2, 0.25) is 0 Å². The third kappa shape index (κ3) is 4.27. The van der Waals surface area contributed by atoms with Crippen molar-refractivity contribution in [3.8, 4) is 5.75 Å². The second-order valence-corrected chi connectivity index (χ2v) is 7.39. The monoisotopic (exact) mass is 423 g/mol. The molecule has 4 aromatic carbocycles. The fourth-order valence-electron chi connectivity index (χ4n) is 3.50. The van der Waals surface area contributed by atoms with Crippen LogP contribution in [0.3, 0.4) is 0 Å². The van der Waals surface area contributed by atoms with Gasteiger partial charge in [0.25, 0.3) is 0 Å². The van der Waals surface area contributed by atoms with Gasteiger partial charge >= 0.3 is 5.97 Å². The first-order chi connectivity index (χ1) is 15.6. The van der Waals surface area contributed by atoms with Gasteiger partial charge in [-0.15, -0.1) is 0 Å². The van der Waals surface area contributed by atoms with E-state index in [4.69, 9.17) is 9.47 Å². The predicted molar refractivity (Wildman–Crippen MR) is 122 cm³/mol. The van der Waals surface area contributed by atoms with Gasteiger partial charge in [0, 0.05) is 5.56 Å². The van der Waals surface area contributed by atoms with Crippen molar-refractivity contribution in [3.05, 3.63) is 119 Å². The highest BCUT2D eigenvalue weighted by Crippen LogP contribution is 2.24. The summed E-state index contributed by atoms with van der Waals surface area (Å²) in [5.41, 5.74) is 2.44. The number of ether oxygens (including phenoxy) is 2. The number of fused-ring (bicyclic) bond motifs is 1. The van der Waals surface area contributed by atoms with E-state index in [1.807, 2.05) is 54.6 Å². The lowest BCUT2D eigenvalue weighted by molar-refractivity contribution is -0.129. The van der Waals surface area contributed by atoms with Crippen molar-refractivity contribution in [3.63, 3.8) is 0 Å². The lowest BCUT2D eigenvalue weighted by atomic mass is 10.1. The van der Waals surface area contributed by atoms with Crippen LogP contribution in [-0.4, -0.2) is 11.9 Å². The van der Waals surface area contributed by atoms with E-state index in [1.165, 1.54) is 12.1 Å². The Hall–Kier alpha value is -4.25. The number of nitrogens with zero attached hydrogens (tertiary/aromatic N) is 1. The lowest BCUT2D eigenvalue weighted by Crippen LogP contribution is -2.05. The number of rotatable bonds is 5. The number of benzene rings is 4. The van der Waals surface area contributed by atoms with Crippen LogP contribution >= 0.6 is 0 Å². The van der Waals surface area contributed by atoms with Crippen molar-refractivity contribution in [2.24, 2.45) is 4.99 Å². The van der Waals surface area contributed by atoms with Gasteiger partial charge in [-0.05, 0) is 64.4 Å². The quantitative estimate of drug-likeness (QED) is 0.296. The SMILES string of the molecule is O=C1OC(c2ccc3ccccc3c2)=N/C1=C\c1cccc(OCc2cccc(F)c2)c1. The van der Waals surface area contributed by atoms with Gasteiger partial charge in [0.2, 0.25) is 5.90 Å². The Bertz CT molecular complexity index is 1390. The van der Waals surface area contributed by atoms with E-state index in [0.717, 1.165) is 27.5 Å². The molecule has 0 saturated carbocycles. The number of cyclic esters (lactones) is 1. The summed E-state index contributed by atoms with van der Waals surface area (Å²) in [7, 11) is 0. The highest BCUT2D eigenvalue weighted by molar-refractivity contribution is 6.13. The molecule has 32 heavy (non-hydrogen) atoms. The van der Waals surface area contributed by atoms with Gasteiger partial charge in [0.1, 0.15) is 18.2 Å². The highest BCUT2D eigenvalue weighted by Gasteiger charge is 2.24. The fraction of sp³-hybridized carbons (Fsp3) is 0.0370. The van der Waals surface area contributed by atoms with Crippen LogP contribution < -0.4 is 4.74 Å². The number of hydrogen-bond donors (Lipinski definition) is 0. The van der Waals surface area contributed by atoms with Gasteiger partial charge in [-0.2, -0.15) is 0 Å². The molecule has 0 bridgehead atoms. The summed E-state index contributed by atoms with van der Waals surface area (Å²) in [6.45, 7) is 0.240. The van der Waals surface area contributed by atoms with Crippen LogP contribution in [0.25, 0.3) is 16.8 Å². The molecule has 0 radical (unpaired) electrons. The Balaban J connectivity index is 1.36. The van der Waals surface area contributed by atoms with E-state index in [1.54, 1.807) is 30.3 Å². The number of carbonyl (C=O) groups excluding carboxylic acids is 1. The number of aliphatic imine (C=N–C) groups is 1. The highest BCUT2D eigenvalue weighted by atomic mass is 19.1. The Kier molecular flexibility index (Phi) is 5.22. The molecular formula is C27H18FNO3. The zero-order valence-electron chi connectivity index (χ0n) is 17.0. The Morgan fingerprint density at radius 3 is 2.59 bits per heavy atom. The molecule has 1 heterocycles. The zero-order chi connectivity index (χ0) is 21.9. The van der Waals surface area contributed by atoms with Crippen molar-refractivity contribution >= 4 is 28.7 Å². The van der Waals surface area contributed by atoms with E-state index >= 15 is 0 Å². The molecule has 1 aliphatic heterocycles. The number of halogens is 1. The van der Waals surface area contributed by atoms with Gasteiger partial charge in [0.15, 0.2) is 5.70 Å². The first kappa shape index (κ1) is 19.7. The smallest absolute Gasteiger partial charge is 0.363 e. The largest absolute Gasteiger partial charge is 0.489 e. The molecule has 5 rings (SSSR count). The molecule has 0 saturated heterocycles. The van der Waals surface area contributed by atoms with Crippen molar-refractivity contribution < 1.29 is 18.7 Å². The third-order valence-corrected chi connectivity index (χ3v) is 5.07. The minimum atomic E-state index is -0.501. The molecule has 1 aliphatic rings. The fourth-order valence-corrected chi connectivity index (χ4v) is 3.50. The third-order valence-electron chi connectivity index (χ3n) is 5.07. The van der Waals surface area contributed by atoms with Gasteiger partial charge in [0.05, 0.1) is 0 Å². The maximum absolute atomic E-state index is 13.3.